The molecule has 2 N–H and O–H groups in total. The van der Waals surface area contributed by atoms with Crippen LogP contribution in [0.5, 0.6) is 0 Å². The van der Waals surface area contributed by atoms with Crippen LogP contribution in [0.25, 0.3) is 22.4 Å². The number of aromatic nitrogens is 2. The highest BCUT2D eigenvalue weighted by molar-refractivity contribution is 6.35. The van der Waals surface area contributed by atoms with Gasteiger partial charge in [-0.15, -0.1) is 0 Å². The maximum absolute atomic E-state index is 6.05. The molecule has 0 aliphatic carbocycles. The first-order valence-corrected chi connectivity index (χ1v) is 5.87. The van der Waals surface area contributed by atoms with Crippen molar-refractivity contribution in [3.63, 3.8) is 0 Å². The van der Waals surface area contributed by atoms with Gasteiger partial charge in [-0.1, -0.05) is 35.3 Å². The summed E-state index contributed by atoms with van der Waals surface area (Å²) in [7, 11) is 0. The summed E-state index contributed by atoms with van der Waals surface area (Å²) in [5.74, 6) is 0.727. The lowest BCUT2D eigenvalue weighted by molar-refractivity contribution is 0.628. The van der Waals surface area contributed by atoms with Gasteiger partial charge in [-0.05, 0) is 12.1 Å². The number of para-hydroxylation sites is 1. The topological polar surface area (TPSA) is 64.9 Å². The number of halogens is 2. The van der Waals surface area contributed by atoms with E-state index in [2.05, 4.69) is 9.97 Å². The van der Waals surface area contributed by atoms with E-state index in [0.717, 1.165) is 5.39 Å². The molecule has 0 saturated carbocycles. The van der Waals surface area contributed by atoms with E-state index in [-0.39, 0.29) is 10.8 Å². The summed E-state index contributed by atoms with van der Waals surface area (Å²) in [6.07, 6.45) is 1.34. The van der Waals surface area contributed by atoms with Gasteiger partial charge < -0.3 is 10.2 Å². The lowest BCUT2D eigenvalue weighted by Gasteiger charge is -2.00. The highest BCUT2D eigenvalue weighted by Gasteiger charge is 2.14. The Morgan fingerprint density at radius 1 is 1.17 bits per heavy atom. The van der Waals surface area contributed by atoms with Gasteiger partial charge in [-0.2, -0.15) is 0 Å². The third-order valence-electron chi connectivity index (χ3n) is 2.55. The van der Waals surface area contributed by atoms with Crippen molar-refractivity contribution in [2.75, 3.05) is 5.73 Å². The molecule has 18 heavy (non-hydrogen) atoms. The van der Waals surface area contributed by atoms with E-state index in [1.807, 2.05) is 18.2 Å². The van der Waals surface area contributed by atoms with E-state index < -0.39 is 0 Å². The normalized spacial score (nSPS) is 11.0. The Labute approximate surface area is 112 Å². The molecule has 6 heteroatoms. The molecule has 0 amide bonds. The molecular weight excluding hydrogens is 273 g/mol. The molecule has 0 spiro atoms. The number of benzene rings is 1. The molecule has 0 fully saturated rings. The fraction of sp³-hybridized carbons (Fsp3) is 0. The van der Waals surface area contributed by atoms with Crippen LogP contribution in [0.4, 0.5) is 5.82 Å². The zero-order valence-corrected chi connectivity index (χ0v) is 10.5. The summed E-state index contributed by atoms with van der Waals surface area (Å²) in [6.45, 7) is 0. The van der Waals surface area contributed by atoms with Crippen molar-refractivity contribution >= 4 is 40.0 Å². The summed E-state index contributed by atoms with van der Waals surface area (Å²) >= 11 is 12.1. The van der Waals surface area contributed by atoms with Gasteiger partial charge >= 0.3 is 0 Å². The lowest BCUT2D eigenvalue weighted by atomic mass is 10.2. The monoisotopic (exact) mass is 279 g/mol. The summed E-state index contributed by atoms with van der Waals surface area (Å²) in [4.78, 5) is 7.88. The van der Waals surface area contributed by atoms with Gasteiger partial charge in [-0.3, -0.25) is 0 Å². The Bertz CT molecular complexity index is 739. The Morgan fingerprint density at radius 3 is 2.78 bits per heavy atom. The zero-order valence-electron chi connectivity index (χ0n) is 9.02. The lowest BCUT2D eigenvalue weighted by Crippen LogP contribution is -1.94. The summed E-state index contributed by atoms with van der Waals surface area (Å²) in [5, 5.41) is 1.69. The third kappa shape index (κ3) is 1.70. The zero-order chi connectivity index (χ0) is 12.7. The second-order valence-corrected chi connectivity index (χ2v) is 4.48. The Morgan fingerprint density at radius 2 is 2.00 bits per heavy atom. The minimum absolute atomic E-state index is 0.216. The van der Waals surface area contributed by atoms with Gasteiger partial charge in [0.25, 0.3) is 0 Å². The predicted molar refractivity (Wildman–Crippen MR) is 71.7 cm³/mol. The van der Waals surface area contributed by atoms with Gasteiger partial charge in [-0.25, -0.2) is 9.97 Å². The number of nitrogens with two attached hydrogens (primary N) is 1. The number of hydrogen-bond donors (Lipinski definition) is 1. The smallest absolute Gasteiger partial charge is 0.155 e. The average Bonchev–Trinajstić information content (AvgIpc) is 2.78. The van der Waals surface area contributed by atoms with Crippen LogP contribution in [0.1, 0.15) is 0 Å². The first kappa shape index (κ1) is 11.3. The number of nitrogen functional groups attached to an aromatic ring is 1. The summed E-state index contributed by atoms with van der Waals surface area (Å²) in [6, 6.07) is 7.31. The van der Waals surface area contributed by atoms with Gasteiger partial charge in [0.05, 0.1) is 5.02 Å². The predicted octanol–water partition coefficient (Wildman–Crippen LogP) is 3.78. The first-order chi connectivity index (χ1) is 8.66. The van der Waals surface area contributed by atoms with Gasteiger partial charge in [0.1, 0.15) is 22.9 Å². The number of anilines is 1. The molecule has 3 rings (SSSR count). The van der Waals surface area contributed by atoms with E-state index in [1.54, 1.807) is 6.07 Å². The van der Waals surface area contributed by atoms with Crippen molar-refractivity contribution in [1.29, 1.82) is 0 Å². The minimum Gasteiger partial charge on any atom is -0.453 e. The van der Waals surface area contributed by atoms with Gasteiger partial charge in [0.2, 0.25) is 0 Å². The molecular formula is C12H7Cl2N3O. The van der Waals surface area contributed by atoms with Crippen LogP contribution in [0.2, 0.25) is 10.0 Å². The standard InChI is InChI=1S/C12H7Cl2N3O/c13-7-3-1-2-6-4-8(18-11(6)7)10-9(14)12(15)17-5-16-10/h1-5H,(H2,15,16,17). The van der Waals surface area contributed by atoms with Gasteiger partial charge in [0.15, 0.2) is 11.3 Å². The number of furan rings is 1. The van der Waals surface area contributed by atoms with Crippen molar-refractivity contribution in [3.8, 4) is 11.5 Å². The number of rotatable bonds is 1. The molecule has 2 aromatic heterocycles. The van der Waals surface area contributed by atoms with Crippen LogP contribution in [0.15, 0.2) is 35.0 Å². The minimum atomic E-state index is 0.216. The molecule has 0 radical (unpaired) electrons. The van der Waals surface area contributed by atoms with Crippen LogP contribution in [-0.2, 0) is 0 Å². The van der Waals surface area contributed by atoms with Crippen LogP contribution >= 0.6 is 23.2 Å². The highest BCUT2D eigenvalue weighted by Crippen LogP contribution is 2.35. The van der Waals surface area contributed by atoms with Crippen molar-refractivity contribution in [2.24, 2.45) is 0 Å². The average molecular weight is 280 g/mol. The molecule has 0 aliphatic heterocycles. The molecule has 0 unspecified atom stereocenters. The number of nitrogens with zero attached hydrogens (tertiary/aromatic N) is 2. The first-order valence-electron chi connectivity index (χ1n) is 5.11. The van der Waals surface area contributed by atoms with Gasteiger partial charge in [0, 0.05) is 5.39 Å². The largest absolute Gasteiger partial charge is 0.453 e. The molecule has 0 bridgehead atoms. The fourth-order valence-corrected chi connectivity index (χ4v) is 2.11. The molecule has 1 aromatic carbocycles. The van der Waals surface area contributed by atoms with Crippen LogP contribution in [0.3, 0.4) is 0 Å². The van der Waals surface area contributed by atoms with Crippen molar-refractivity contribution in [2.45, 2.75) is 0 Å². The van der Waals surface area contributed by atoms with E-state index >= 15 is 0 Å². The van der Waals surface area contributed by atoms with E-state index in [0.29, 0.717) is 22.1 Å². The molecule has 3 aromatic rings. The maximum atomic E-state index is 6.05. The SMILES string of the molecule is Nc1ncnc(-c2cc3cccc(Cl)c3o2)c1Cl. The third-order valence-corrected chi connectivity index (χ3v) is 3.22. The molecule has 2 heterocycles. The van der Waals surface area contributed by atoms with E-state index in [9.17, 15) is 0 Å². The van der Waals surface area contributed by atoms with Crippen LogP contribution < -0.4 is 5.73 Å². The van der Waals surface area contributed by atoms with E-state index in [1.165, 1.54) is 6.33 Å². The van der Waals surface area contributed by atoms with Crippen LogP contribution in [-0.4, -0.2) is 9.97 Å². The second kappa shape index (κ2) is 4.15. The Hall–Kier alpha value is -1.78. The molecule has 90 valence electrons. The molecule has 0 aliphatic rings. The fourth-order valence-electron chi connectivity index (χ4n) is 1.70. The van der Waals surface area contributed by atoms with Crippen molar-refractivity contribution in [3.05, 3.63) is 40.6 Å². The second-order valence-electron chi connectivity index (χ2n) is 3.69. The quantitative estimate of drug-likeness (QED) is 0.736. The molecule has 4 nitrogen and oxygen atoms in total. The molecule has 0 saturated heterocycles. The summed E-state index contributed by atoms with van der Waals surface area (Å²) in [5.41, 5.74) is 6.69. The van der Waals surface area contributed by atoms with Crippen molar-refractivity contribution < 1.29 is 4.42 Å². The van der Waals surface area contributed by atoms with Crippen LogP contribution in [0, 0.1) is 0 Å². The maximum Gasteiger partial charge on any atom is 0.155 e. The highest BCUT2D eigenvalue weighted by atomic mass is 35.5. The summed E-state index contributed by atoms with van der Waals surface area (Å²) < 4.78 is 5.66. The Kier molecular flexibility index (Phi) is 2.61. The Balaban J connectivity index is 2.26. The van der Waals surface area contributed by atoms with E-state index in [4.69, 9.17) is 33.4 Å². The number of hydrogen-bond acceptors (Lipinski definition) is 4. The number of fused-ring (bicyclic) bond motifs is 1. The van der Waals surface area contributed by atoms with Crippen molar-refractivity contribution in [1.82, 2.24) is 9.97 Å². The molecule has 0 atom stereocenters.